The number of amides is 1. The quantitative estimate of drug-likeness (QED) is 0.569. The molecule has 1 amide bonds. The summed E-state index contributed by atoms with van der Waals surface area (Å²) in [5.41, 5.74) is 0.715. The van der Waals surface area contributed by atoms with Gasteiger partial charge in [-0.25, -0.2) is 8.42 Å². The first kappa shape index (κ1) is 19.7. The molecule has 3 heterocycles. The first-order valence-corrected chi connectivity index (χ1v) is 11.6. The van der Waals surface area contributed by atoms with Crippen LogP contribution < -0.4 is 4.90 Å². The van der Waals surface area contributed by atoms with E-state index in [1.54, 1.807) is 24.0 Å². The molecule has 0 bridgehead atoms. The van der Waals surface area contributed by atoms with Gasteiger partial charge < -0.3 is 9.42 Å². The molecule has 0 N–H and O–H groups in total. The molecule has 10 heteroatoms. The lowest BCUT2D eigenvalue weighted by atomic mass is 10.3. The zero-order valence-corrected chi connectivity index (χ0v) is 17.4. The highest BCUT2D eigenvalue weighted by atomic mass is 32.2. The summed E-state index contributed by atoms with van der Waals surface area (Å²) in [5, 5.41) is 5.84. The van der Waals surface area contributed by atoms with Gasteiger partial charge in [0.05, 0.1) is 16.3 Å². The van der Waals surface area contributed by atoms with Crippen LogP contribution in [0.5, 0.6) is 0 Å². The van der Waals surface area contributed by atoms with E-state index in [4.69, 9.17) is 4.52 Å². The Hall–Kier alpha value is -2.56. The average Bonchev–Trinajstić information content (AvgIpc) is 3.47. The van der Waals surface area contributed by atoms with Gasteiger partial charge in [0.2, 0.25) is 27.6 Å². The summed E-state index contributed by atoms with van der Waals surface area (Å²) in [5.74, 6) is 0.745. The highest BCUT2D eigenvalue weighted by Crippen LogP contribution is 2.26. The Bertz CT molecular complexity index is 1090. The fraction of sp³-hybridized carbons (Fsp3) is 0.316. The Morgan fingerprint density at radius 3 is 2.66 bits per heavy atom. The van der Waals surface area contributed by atoms with Crippen LogP contribution in [-0.2, 0) is 21.4 Å². The molecule has 1 aromatic carbocycles. The van der Waals surface area contributed by atoms with Crippen LogP contribution in [0.3, 0.4) is 0 Å². The number of carbonyl (C=O) groups excluding carboxylic acids is 1. The van der Waals surface area contributed by atoms with Crippen LogP contribution in [0.2, 0.25) is 0 Å². The molecule has 1 saturated heterocycles. The van der Waals surface area contributed by atoms with E-state index in [0.29, 0.717) is 24.5 Å². The molecular weight excluding hydrogens is 412 g/mol. The third kappa shape index (κ3) is 3.96. The van der Waals surface area contributed by atoms with Gasteiger partial charge in [-0.05, 0) is 42.1 Å². The third-order valence-electron chi connectivity index (χ3n) is 4.73. The second kappa shape index (κ2) is 8.05. The molecule has 0 aliphatic carbocycles. The SMILES string of the molecule is CCN(Cc1nc(-c2cccs2)no1)S(=O)(=O)c1ccc(N2CCCC2=O)cc1. The number of thiophene rings is 1. The summed E-state index contributed by atoms with van der Waals surface area (Å²) in [7, 11) is -3.74. The molecule has 0 spiro atoms. The van der Waals surface area contributed by atoms with E-state index < -0.39 is 10.0 Å². The lowest BCUT2D eigenvalue weighted by Gasteiger charge is -2.20. The standard InChI is InChI=1S/C19H20N4O4S2/c1-2-22(13-17-20-19(21-27-17)16-5-4-12-28-16)29(25,26)15-9-7-14(8-10-15)23-11-3-6-18(23)24/h4-5,7-10,12H,2-3,6,11,13H2,1H3. The lowest BCUT2D eigenvalue weighted by Crippen LogP contribution is -2.30. The van der Waals surface area contributed by atoms with Crippen molar-refractivity contribution in [1.29, 1.82) is 0 Å². The van der Waals surface area contributed by atoms with Crippen molar-refractivity contribution in [1.82, 2.24) is 14.4 Å². The highest BCUT2D eigenvalue weighted by Gasteiger charge is 2.27. The number of nitrogens with zero attached hydrogens (tertiary/aromatic N) is 4. The zero-order chi connectivity index (χ0) is 20.4. The number of anilines is 1. The van der Waals surface area contributed by atoms with Crippen molar-refractivity contribution in [3.05, 3.63) is 47.7 Å². The minimum atomic E-state index is -3.74. The first-order chi connectivity index (χ1) is 14.0. The number of benzene rings is 1. The molecule has 8 nitrogen and oxygen atoms in total. The van der Waals surface area contributed by atoms with E-state index in [-0.39, 0.29) is 29.8 Å². The third-order valence-corrected chi connectivity index (χ3v) is 7.53. The summed E-state index contributed by atoms with van der Waals surface area (Å²) in [6.45, 7) is 2.66. The van der Waals surface area contributed by atoms with Crippen LogP contribution in [0, 0.1) is 0 Å². The van der Waals surface area contributed by atoms with Crippen molar-refractivity contribution in [2.75, 3.05) is 18.0 Å². The van der Waals surface area contributed by atoms with E-state index in [1.165, 1.54) is 27.8 Å². The summed E-state index contributed by atoms with van der Waals surface area (Å²) in [6.07, 6.45) is 1.35. The number of rotatable bonds is 7. The molecule has 0 saturated carbocycles. The first-order valence-electron chi connectivity index (χ1n) is 9.26. The second-order valence-corrected chi connectivity index (χ2v) is 9.45. The van der Waals surface area contributed by atoms with Crippen molar-refractivity contribution in [2.24, 2.45) is 0 Å². The Kier molecular flexibility index (Phi) is 5.48. The molecule has 0 atom stereocenters. The molecule has 152 valence electrons. The maximum atomic E-state index is 13.1. The van der Waals surface area contributed by atoms with Crippen LogP contribution >= 0.6 is 11.3 Å². The molecule has 2 aromatic heterocycles. The monoisotopic (exact) mass is 432 g/mol. The maximum absolute atomic E-state index is 13.1. The fourth-order valence-electron chi connectivity index (χ4n) is 3.21. The predicted molar refractivity (Wildman–Crippen MR) is 109 cm³/mol. The van der Waals surface area contributed by atoms with Gasteiger partial charge in [0, 0.05) is 25.2 Å². The lowest BCUT2D eigenvalue weighted by molar-refractivity contribution is -0.117. The molecule has 1 aliphatic rings. The fourth-order valence-corrected chi connectivity index (χ4v) is 5.26. The van der Waals surface area contributed by atoms with Crippen LogP contribution in [0.1, 0.15) is 25.7 Å². The van der Waals surface area contributed by atoms with E-state index in [2.05, 4.69) is 10.1 Å². The van der Waals surface area contributed by atoms with E-state index >= 15 is 0 Å². The number of sulfonamides is 1. The minimum Gasteiger partial charge on any atom is -0.337 e. The van der Waals surface area contributed by atoms with Crippen molar-refractivity contribution in [3.8, 4) is 10.7 Å². The van der Waals surface area contributed by atoms with E-state index in [0.717, 1.165) is 11.3 Å². The molecule has 4 rings (SSSR count). The molecule has 0 unspecified atom stereocenters. The summed E-state index contributed by atoms with van der Waals surface area (Å²) in [6, 6.07) is 10.2. The van der Waals surface area contributed by atoms with Crippen molar-refractivity contribution >= 4 is 33.0 Å². The summed E-state index contributed by atoms with van der Waals surface area (Å²) in [4.78, 5) is 18.9. The molecule has 29 heavy (non-hydrogen) atoms. The van der Waals surface area contributed by atoms with E-state index in [9.17, 15) is 13.2 Å². The highest BCUT2D eigenvalue weighted by molar-refractivity contribution is 7.89. The topological polar surface area (TPSA) is 96.6 Å². The zero-order valence-electron chi connectivity index (χ0n) is 15.8. The van der Waals surface area contributed by atoms with E-state index in [1.807, 2.05) is 17.5 Å². The number of hydrogen-bond donors (Lipinski definition) is 0. The smallest absolute Gasteiger partial charge is 0.243 e. The summed E-state index contributed by atoms with van der Waals surface area (Å²) >= 11 is 1.48. The van der Waals surface area contributed by atoms with Gasteiger partial charge in [0.15, 0.2) is 0 Å². The second-order valence-electron chi connectivity index (χ2n) is 6.56. The number of carbonyl (C=O) groups is 1. The van der Waals surface area contributed by atoms with Gasteiger partial charge in [-0.3, -0.25) is 4.79 Å². The number of hydrogen-bond acceptors (Lipinski definition) is 7. The van der Waals surface area contributed by atoms with Gasteiger partial charge in [0.25, 0.3) is 0 Å². The molecule has 0 radical (unpaired) electrons. The van der Waals surface area contributed by atoms with Crippen LogP contribution in [0.4, 0.5) is 5.69 Å². The molecule has 1 aliphatic heterocycles. The Morgan fingerprint density at radius 2 is 2.03 bits per heavy atom. The molecule has 3 aromatic rings. The van der Waals surface area contributed by atoms with Gasteiger partial charge >= 0.3 is 0 Å². The van der Waals surface area contributed by atoms with Crippen LogP contribution in [0.25, 0.3) is 10.7 Å². The van der Waals surface area contributed by atoms with Crippen LogP contribution in [0.15, 0.2) is 51.2 Å². The van der Waals surface area contributed by atoms with Gasteiger partial charge in [-0.2, -0.15) is 9.29 Å². The van der Waals surface area contributed by atoms with Gasteiger partial charge in [0.1, 0.15) is 0 Å². The average molecular weight is 433 g/mol. The van der Waals surface area contributed by atoms with Crippen LogP contribution in [-0.4, -0.2) is 41.9 Å². The van der Waals surface area contributed by atoms with Crippen molar-refractivity contribution in [3.63, 3.8) is 0 Å². The Morgan fingerprint density at radius 1 is 1.24 bits per heavy atom. The largest absolute Gasteiger partial charge is 0.337 e. The maximum Gasteiger partial charge on any atom is 0.243 e. The van der Waals surface area contributed by atoms with Crippen molar-refractivity contribution in [2.45, 2.75) is 31.2 Å². The Labute approximate surface area is 172 Å². The summed E-state index contributed by atoms with van der Waals surface area (Å²) < 4.78 is 32.6. The normalized spacial score (nSPS) is 14.8. The minimum absolute atomic E-state index is 0.0103. The molecule has 1 fully saturated rings. The van der Waals surface area contributed by atoms with Crippen molar-refractivity contribution < 1.29 is 17.7 Å². The Balaban J connectivity index is 1.52. The van der Waals surface area contributed by atoms with Gasteiger partial charge in [-0.15, -0.1) is 11.3 Å². The molecular formula is C19H20N4O4S2. The predicted octanol–water partition coefficient (Wildman–Crippen LogP) is 3.14. The number of aromatic nitrogens is 2. The van der Waals surface area contributed by atoms with Gasteiger partial charge in [-0.1, -0.05) is 18.1 Å².